The number of alkyl halides is 3. The Kier molecular flexibility index (Phi) is 1.90. The lowest BCUT2D eigenvalue weighted by Gasteiger charge is -2.27. The van der Waals surface area contributed by atoms with E-state index in [4.69, 9.17) is 0 Å². The van der Waals surface area contributed by atoms with Gasteiger partial charge in [-0.1, -0.05) is 13.8 Å². The van der Waals surface area contributed by atoms with Crippen molar-refractivity contribution in [3.05, 3.63) is 0 Å². The first kappa shape index (κ1) is 8.84. The molecule has 11 heavy (non-hydrogen) atoms. The van der Waals surface area contributed by atoms with Gasteiger partial charge in [-0.05, 0) is 5.41 Å². The van der Waals surface area contributed by atoms with Crippen LogP contribution in [0.2, 0.25) is 0 Å². The van der Waals surface area contributed by atoms with Crippen LogP contribution in [-0.4, -0.2) is 19.3 Å². The molecule has 1 unspecified atom stereocenters. The van der Waals surface area contributed by atoms with Crippen LogP contribution in [0, 0.1) is 11.3 Å². The van der Waals surface area contributed by atoms with Crippen molar-refractivity contribution < 1.29 is 13.2 Å². The Morgan fingerprint density at radius 3 is 2.09 bits per heavy atom. The summed E-state index contributed by atoms with van der Waals surface area (Å²) in [4.78, 5) is 0. The first-order valence-corrected chi connectivity index (χ1v) is 3.61. The predicted molar refractivity (Wildman–Crippen MR) is 36.2 cm³/mol. The monoisotopic (exact) mass is 167 g/mol. The van der Waals surface area contributed by atoms with Crippen LogP contribution in [0.4, 0.5) is 13.2 Å². The normalized spacial score (nSPS) is 30.8. The number of halogens is 3. The van der Waals surface area contributed by atoms with Crippen molar-refractivity contribution >= 4 is 0 Å². The molecule has 0 bridgehead atoms. The molecule has 0 saturated carbocycles. The Hall–Kier alpha value is -0.250. The Balaban J connectivity index is 2.73. The van der Waals surface area contributed by atoms with Crippen LogP contribution >= 0.6 is 0 Å². The maximum Gasteiger partial charge on any atom is 0.393 e. The van der Waals surface area contributed by atoms with Gasteiger partial charge in [0.25, 0.3) is 0 Å². The van der Waals surface area contributed by atoms with E-state index in [-0.39, 0.29) is 6.54 Å². The molecule has 0 aliphatic carbocycles. The average molecular weight is 167 g/mol. The summed E-state index contributed by atoms with van der Waals surface area (Å²) >= 11 is 0. The summed E-state index contributed by atoms with van der Waals surface area (Å²) in [5.74, 6) is -1.19. The van der Waals surface area contributed by atoms with E-state index in [1.165, 1.54) is 0 Å². The molecule has 1 N–H and O–H groups in total. The van der Waals surface area contributed by atoms with Gasteiger partial charge >= 0.3 is 6.18 Å². The molecule has 0 amide bonds. The van der Waals surface area contributed by atoms with Gasteiger partial charge in [-0.3, -0.25) is 0 Å². The fourth-order valence-corrected chi connectivity index (χ4v) is 1.50. The zero-order valence-electron chi connectivity index (χ0n) is 6.63. The van der Waals surface area contributed by atoms with Crippen LogP contribution in [-0.2, 0) is 0 Å². The SMILES string of the molecule is CC1(C)CNCC1C(F)(F)F. The maximum atomic E-state index is 12.2. The number of hydrogen-bond acceptors (Lipinski definition) is 1. The van der Waals surface area contributed by atoms with Crippen molar-refractivity contribution in [3.63, 3.8) is 0 Å². The molecule has 1 atom stereocenters. The summed E-state index contributed by atoms with van der Waals surface area (Å²) in [6.45, 7) is 3.81. The van der Waals surface area contributed by atoms with E-state index in [9.17, 15) is 13.2 Å². The lowest BCUT2D eigenvalue weighted by molar-refractivity contribution is -0.190. The molecular weight excluding hydrogens is 155 g/mol. The largest absolute Gasteiger partial charge is 0.393 e. The second kappa shape index (κ2) is 2.37. The van der Waals surface area contributed by atoms with E-state index in [1.54, 1.807) is 13.8 Å². The lowest BCUT2D eigenvalue weighted by atomic mass is 9.82. The van der Waals surface area contributed by atoms with Gasteiger partial charge in [0.05, 0.1) is 5.92 Å². The number of nitrogens with one attached hydrogen (secondary N) is 1. The fourth-order valence-electron chi connectivity index (χ4n) is 1.50. The molecule has 0 radical (unpaired) electrons. The highest BCUT2D eigenvalue weighted by Gasteiger charge is 2.51. The standard InChI is InChI=1S/C7H12F3N/c1-6(2)4-11-3-5(6)7(8,9)10/h5,11H,3-4H2,1-2H3. The Morgan fingerprint density at radius 2 is 1.91 bits per heavy atom. The van der Waals surface area contributed by atoms with Crippen molar-refractivity contribution in [1.82, 2.24) is 5.32 Å². The van der Waals surface area contributed by atoms with Crippen LogP contribution in [0.5, 0.6) is 0 Å². The first-order valence-electron chi connectivity index (χ1n) is 3.61. The van der Waals surface area contributed by atoms with Crippen molar-refractivity contribution in [2.75, 3.05) is 13.1 Å². The summed E-state index contributed by atoms with van der Waals surface area (Å²) in [6, 6.07) is 0. The van der Waals surface area contributed by atoms with E-state index in [0.717, 1.165) is 0 Å². The Labute approximate surface area is 64.0 Å². The minimum absolute atomic E-state index is 0.0660. The molecule has 1 saturated heterocycles. The summed E-state index contributed by atoms with van der Waals surface area (Å²) in [5.41, 5.74) is -0.641. The van der Waals surface area contributed by atoms with E-state index in [1.807, 2.05) is 0 Å². The topological polar surface area (TPSA) is 12.0 Å². The molecule has 66 valence electrons. The molecule has 0 spiro atoms. The van der Waals surface area contributed by atoms with Crippen molar-refractivity contribution in [2.24, 2.45) is 11.3 Å². The zero-order chi connectivity index (χ0) is 8.70. The van der Waals surface area contributed by atoms with Gasteiger partial charge in [0.1, 0.15) is 0 Å². The minimum Gasteiger partial charge on any atom is -0.316 e. The molecule has 0 aromatic heterocycles. The highest BCUT2D eigenvalue weighted by molar-refractivity contribution is 4.92. The lowest BCUT2D eigenvalue weighted by Crippen LogP contribution is -2.34. The van der Waals surface area contributed by atoms with E-state index in [2.05, 4.69) is 5.32 Å². The average Bonchev–Trinajstić information content (AvgIpc) is 2.06. The molecule has 4 heteroatoms. The molecule has 0 aromatic carbocycles. The quantitative estimate of drug-likeness (QED) is 0.580. The summed E-state index contributed by atoms with van der Waals surface area (Å²) in [6.07, 6.45) is -4.05. The first-order chi connectivity index (χ1) is 4.84. The zero-order valence-corrected chi connectivity index (χ0v) is 6.63. The van der Waals surface area contributed by atoms with Gasteiger partial charge in [0.2, 0.25) is 0 Å². The minimum atomic E-state index is -4.05. The molecule has 0 aromatic rings. The number of rotatable bonds is 0. The van der Waals surface area contributed by atoms with Crippen LogP contribution in [0.25, 0.3) is 0 Å². The van der Waals surface area contributed by atoms with Gasteiger partial charge in [0.15, 0.2) is 0 Å². The van der Waals surface area contributed by atoms with Crippen molar-refractivity contribution in [3.8, 4) is 0 Å². The highest BCUT2D eigenvalue weighted by Crippen LogP contribution is 2.41. The smallest absolute Gasteiger partial charge is 0.316 e. The highest BCUT2D eigenvalue weighted by atomic mass is 19.4. The molecule has 1 nitrogen and oxygen atoms in total. The van der Waals surface area contributed by atoms with Crippen LogP contribution in [0.15, 0.2) is 0 Å². The third kappa shape index (κ3) is 1.67. The summed E-state index contributed by atoms with van der Waals surface area (Å²) < 4.78 is 36.6. The Bertz CT molecular complexity index is 150. The Morgan fingerprint density at radius 1 is 1.36 bits per heavy atom. The van der Waals surface area contributed by atoms with E-state index >= 15 is 0 Å². The third-order valence-electron chi connectivity index (χ3n) is 2.27. The van der Waals surface area contributed by atoms with Crippen LogP contribution in [0.3, 0.4) is 0 Å². The second-order valence-electron chi connectivity index (χ2n) is 3.71. The molecular formula is C7H12F3N. The van der Waals surface area contributed by atoms with Crippen LogP contribution in [0.1, 0.15) is 13.8 Å². The molecule has 1 aliphatic rings. The van der Waals surface area contributed by atoms with Crippen molar-refractivity contribution in [2.45, 2.75) is 20.0 Å². The summed E-state index contributed by atoms with van der Waals surface area (Å²) in [7, 11) is 0. The second-order valence-corrected chi connectivity index (χ2v) is 3.71. The van der Waals surface area contributed by atoms with Gasteiger partial charge < -0.3 is 5.32 Å². The van der Waals surface area contributed by atoms with Gasteiger partial charge in [-0.25, -0.2) is 0 Å². The summed E-state index contributed by atoms with van der Waals surface area (Å²) in [5, 5.41) is 2.75. The predicted octanol–water partition coefficient (Wildman–Crippen LogP) is 1.79. The number of hydrogen-bond donors (Lipinski definition) is 1. The van der Waals surface area contributed by atoms with Crippen LogP contribution < -0.4 is 5.32 Å². The van der Waals surface area contributed by atoms with Gasteiger partial charge in [0, 0.05) is 13.1 Å². The van der Waals surface area contributed by atoms with E-state index < -0.39 is 17.5 Å². The van der Waals surface area contributed by atoms with Crippen molar-refractivity contribution in [1.29, 1.82) is 0 Å². The maximum absolute atomic E-state index is 12.2. The fraction of sp³-hybridized carbons (Fsp3) is 1.00. The molecule has 1 fully saturated rings. The molecule has 1 rings (SSSR count). The molecule has 1 heterocycles. The van der Waals surface area contributed by atoms with E-state index in [0.29, 0.717) is 6.54 Å². The van der Waals surface area contributed by atoms with Gasteiger partial charge in [-0.15, -0.1) is 0 Å². The van der Waals surface area contributed by atoms with Gasteiger partial charge in [-0.2, -0.15) is 13.2 Å². The third-order valence-corrected chi connectivity index (χ3v) is 2.27. The molecule has 1 aliphatic heterocycles.